The van der Waals surface area contributed by atoms with Crippen LogP contribution in [0.3, 0.4) is 0 Å². The summed E-state index contributed by atoms with van der Waals surface area (Å²) in [6, 6.07) is 3.33. The van der Waals surface area contributed by atoms with Crippen molar-refractivity contribution in [1.82, 2.24) is 20.5 Å². The van der Waals surface area contributed by atoms with Gasteiger partial charge in [-0.3, -0.25) is 19.2 Å². The number of aromatic nitrogens is 1. The zero-order chi connectivity index (χ0) is 28.7. The van der Waals surface area contributed by atoms with Gasteiger partial charge in [-0.1, -0.05) is 32.0 Å². The molecular weight excluding hydrogens is 506 g/mol. The topological polar surface area (TPSA) is 195 Å². The second-order valence-corrected chi connectivity index (χ2v) is 10.4. The van der Waals surface area contributed by atoms with Crippen LogP contribution >= 0.6 is 0 Å². The van der Waals surface area contributed by atoms with Gasteiger partial charge >= 0.3 is 11.9 Å². The van der Waals surface area contributed by atoms with E-state index in [2.05, 4.69) is 15.6 Å². The quantitative estimate of drug-likeness (QED) is 0.215. The molecule has 2 aromatic rings. The minimum absolute atomic E-state index is 0.0249. The maximum Gasteiger partial charge on any atom is 0.326 e. The minimum Gasteiger partial charge on any atom is -0.481 e. The van der Waals surface area contributed by atoms with Crippen molar-refractivity contribution in [2.75, 3.05) is 6.54 Å². The Labute approximate surface area is 226 Å². The molecule has 1 aliphatic rings. The van der Waals surface area contributed by atoms with Gasteiger partial charge in [0, 0.05) is 36.5 Å². The molecule has 2 heterocycles. The van der Waals surface area contributed by atoms with Crippen LogP contribution in [0, 0.1) is 5.92 Å². The number of hydrogen-bond donors (Lipinski definition) is 6. The van der Waals surface area contributed by atoms with Crippen LogP contribution in [0.5, 0.6) is 0 Å². The van der Waals surface area contributed by atoms with Crippen molar-refractivity contribution in [1.29, 1.82) is 0 Å². The predicted octanol–water partition coefficient (Wildman–Crippen LogP) is 0.994. The van der Waals surface area contributed by atoms with Gasteiger partial charge in [-0.05, 0) is 43.2 Å². The molecule has 7 N–H and O–H groups in total. The molecule has 4 atom stereocenters. The number of nitrogens with two attached hydrogens (primary N) is 1. The van der Waals surface area contributed by atoms with Crippen LogP contribution in [-0.4, -0.2) is 80.5 Å². The third-order valence-corrected chi connectivity index (χ3v) is 6.88. The molecule has 1 fully saturated rings. The summed E-state index contributed by atoms with van der Waals surface area (Å²) in [6.45, 7) is 4.05. The minimum atomic E-state index is -1.20. The third-order valence-electron chi connectivity index (χ3n) is 6.88. The number of amides is 3. The molecule has 1 aromatic heterocycles. The zero-order valence-electron chi connectivity index (χ0n) is 22.2. The van der Waals surface area contributed by atoms with E-state index < -0.39 is 53.8 Å². The third kappa shape index (κ3) is 7.79. The molecule has 4 unspecified atom stereocenters. The smallest absolute Gasteiger partial charge is 0.326 e. The number of benzene rings is 1. The summed E-state index contributed by atoms with van der Waals surface area (Å²) in [5, 5.41) is 24.8. The average Bonchev–Trinajstić information content (AvgIpc) is 3.53. The molecule has 0 saturated carbocycles. The number of hydrogen-bond acceptors (Lipinski definition) is 6. The standard InChI is InChI=1S/C27H37N5O7/c1-15(2)12-20(30-24(35)18(28)9-10-23(33)34)26(37)32-11-5-8-22(32)25(36)31-21(27(38)39)13-16-14-29-19-7-4-3-6-17(16)19/h3-4,6-7,14-15,18,20-22,29H,5,8-13,28H2,1-2H3,(H,30,35)(H,31,36)(H,33,34)(H,38,39). The van der Waals surface area contributed by atoms with Gasteiger partial charge in [0.05, 0.1) is 6.04 Å². The maximum absolute atomic E-state index is 13.5. The number of carboxylic acids is 2. The lowest BCUT2D eigenvalue weighted by atomic mass is 10.0. The summed E-state index contributed by atoms with van der Waals surface area (Å²) in [4.78, 5) is 66.7. The maximum atomic E-state index is 13.5. The van der Waals surface area contributed by atoms with Crippen molar-refractivity contribution >= 4 is 40.6 Å². The number of carbonyl (C=O) groups is 5. The predicted molar refractivity (Wildman–Crippen MR) is 143 cm³/mol. The summed E-state index contributed by atoms with van der Waals surface area (Å²) >= 11 is 0. The van der Waals surface area contributed by atoms with Gasteiger partial charge in [-0.2, -0.15) is 0 Å². The fourth-order valence-corrected chi connectivity index (χ4v) is 4.87. The molecule has 0 aliphatic carbocycles. The molecule has 0 bridgehead atoms. The van der Waals surface area contributed by atoms with E-state index in [-0.39, 0.29) is 31.7 Å². The molecule has 212 valence electrons. The highest BCUT2D eigenvalue weighted by Crippen LogP contribution is 2.22. The van der Waals surface area contributed by atoms with Gasteiger partial charge in [0.2, 0.25) is 17.7 Å². The van der Waals surface area contributed by atoms with Gasteiger partial charge in [0.25, 0.3) is 0 Å². The first-order valence-corrected chi connectivity index (χ1v) is 13.1. The molecule has 1 aromatic carbocycles. The van der Waals surface area contributed by atoms with Gasteiger partial charge in [0.15, 0.2) is 0 Å². The molecule has 12 nitrogen and oxygen atoms in total. The normalized spacial score (nSPS) is 17.5. The van der Waals surface area contributed by atoms with Crippen molar-refractivity contribution in [3.63, 3.8) is 0 Å². The fraction of sp³-hybridized carbons (Fsp3) is 0.519. The first-order chi connectivity index (χ1) is 18.5. The number of nitrogens with zero attached hydrogens (tertiary/aromatic N) is 1. The second-order valence-electron chi connectivity index (χ2n) is 10.4. The molecule has 12 heteroatoms. The molecule has 1 saturated heterocycles. The zero-order valence-corrected chi connectivity index (χ0v) is 22.2. The lowest BCUT2D eigenvalue weighted by Crippen LogP contribution is -2.57. The second kappa shape index (κ2) is 13.2. The molecule has 3 amide bonds. The first-order valence-electron chi connectivity index (χ1n) is 13.1. The number of carbonyl (C=O) groups excluding carboxylic acids is 3. The Morgan fingerprint density at radius 3 is 2.49 bits per heavy atom. The van der Waals surface area contributed by atoms with E-state index in [0.717, 1.165) is 16.5 Å². The Hall–Kier alpha value is -3.93. The number of rotatable bonds is 13. The number of para-hydroxylation sites is 1. The Bertz CT molecular complexity index is 1210. The summed E-state index contributed by atoms with van der Waals surface area (Å²) in [6.07, 6.45) is 2.62. The number of H-pyrrole nitrogens is 1. The molecular formula is C27H37N5O7. The van der Waals surface area contributed by atoms with Crippen LogP contribution in [0.4, 0.5) is 0 Å². The largest absolute Gasteiger partial charge is 0.481 e. The fourth-order valence-electron chi connectivity index (χ4n) is 4.87. The summed E-state index contributed by atoms with van der Waals surface area (Å²) in [7, 11) is 0. The van der Waals surface area contributed by atoms with Crippen LogP contribution in [0.25, 0.3) is 10.9 Å². The number of aliphatic carboxylic acids is 2. The Kier molecular flexibility index (Phi) is 10.0. The molecule has 0 radical (unpaired) electrons. The number of carboxylic acid groups (broad SMARTS) is 2. The van der Waals surface area contributed by atoms with E-state index in [1.165, 1.54) is 4.90 Å². The molecule has 0 spiro atoms. The summed E-state index contributed by atoms with van der Waals surface area (Å²) in [5.41, 5.74) is 7.43. The van der Waals surface area contributed by atoms with Crippen molar-refractivity contribution in [3.05, 3.63) is 36.0 Å². The highest BCUT2D eigenvalue weighted by Gasteiger charge is 2.39. The van der Waals surface area contributed by atoms with Crippen molar-refractivity contribution in [3.8, 4) is 0 Å². The van der Waals surface area contributed by atoms with Crippen molar-refractivity contribution < 1.29 is 34.2 Å². The van der Waals surface area contributed by atoms with Gasteiger partial charge < -0.3 is 36.5 Å². The average molecular weight is 544 g/mol. The van der Waals surface area contributed by atoms with Crippen LogP contribution in [0.1, 0.15) is 51.5 Å². The highest BCUT2D eigenvalue weighted by molar-refractivity contribution is 5.95. The summed E-state index contributed by atoms with van der Waals surface area (Å²) in [5.74, 6) is -3.91. The van der Waals surface area contributed by atoms with Crippen LogP contribution in [0.2, 0.25) is 0 Å². The van der Waals surface area contributed by atoms with E-state index in [0.29, 0.717) is 19.3 Å². The van der Waals surface area contributed by atoms with Crippen LogP contribution in [-0.2, 0) is 30.4 Å². The van der Waals surface area contributed by atoms with E-state index in [4.69, 9.17) is 10.8 Å². The Morgan fingerprint density at radius 1 is 1.10 bits per heavy atom. The van der Waals surface area contributed by atoms with Crippen molar-refractivity contribution in [2.45, 2.75) is 76.5 Å². The number of fused-ring (bicyclic) bond motifs is 1. The molecule has 3 rings (SSSR count). The summed E-state index contributed by atoms with van der Waals surface area (Å²) < 4.78 is 0. The van der Waals surface area contributed by atoms with Crippen LogP contribution in [0.15, 0.2) is 30.5 Å². The van der Waals surface area contributed by atoms with Gasteiger partial charge in [-0.25, -0.2) is 4.79 Å². The van der Waals surface area contributed by atoms with Crippen LogP contribution < -0.4 is 16.4 Å². The van der Waals surface area contributed by atoms with Crippen molar-refractivity contribution in [2.24, 2.45) is 11.7 Å². The lowest BCUT2D eigenvalue weighted by Gasteiger charge is -2.30. The SMILES string of the molecule is CC(C)CC(NC(=O)C(N)CCC(=O)O)C(=O)N1CCCC1C(=O)NC(Cc1c[nH]c2ccccc12)C(=O)O. The van der Waals surface area contributed by atoms with Gasteiger partial charge in [-0.15, -0.1) is 0 Å². The Morgan fingerprint density at radius 2 is 1.82 bits per heavy atom. The van der Waals surface area contributed by atoms with E-state index in [1.54, 1.807) is 6.20 Å². The Balaban J connectivity index is 1.70. The van der Waals surface area contributed by atoms with E-state index in [9.17, 15) is 29.1 Å². The van der Waals surface area contributed by atoms with E-state index >= 15 is 0 Å². The van der Waals surface area contributed by atoms with E-state index in [1.807, 2.05) is 38.1 Å². The number of nitrogens with one attached hydrogen (secondary N) is 3. The lowest BCUT2D eigenvalue weighted by molar-refractivity contribution is -0.145. The number of aromatic amines is 1. The number of likely N-dealkylation sites (tertiary alicyclic amines) is 1. The highest BCUT2D eigenvalue weighted by atomic mass is 16.4. The molecule has 1 aliphatic heterocycles. The monoisotopic (exact) mass is 543 g/mol. The van der Waals surface area contributed by atoms with Gasteiger partial charge in [0.1, 0.15) is 18.1 Å². The first kappa shape index (κ1) is 29.6. The molecule has 39 heavy (non-hydrogen) atoms.